The number of carbonyl (C=O) groups is 1. The van der Waals surface area contributed by atoms with Crippen molar-refractivity contribution in [2.45, 2.75) is 37.1 Å². The second-order valence-electron chi connectivity index (χ2n) is 8.41. The van der Waals surface area contributed by atoms with Gasteiger partial charge in [0.05, 0.1) is 23.4 Å². The summed E-state index contributed by atoms with van der Waals surface area (Å²) < 4.78 is 7.56. The second kappa shape index (κ2) is 8.12. The number of fused-ring (bicyclic) bond motifs is 1. The number of amides is 1. The van der Waals surface area contributed by atoms with E-state index < -0.39 is 5.41 Å². The summed E-state index contributed by atoms with van der Waals surface area (Å²) in [6.07, 6.45) is 6.64. The predicted molar refractivity (Wildman–Crippen MR) is 115 cm³/mol. The first-order chi connectivity index (χ1) is 15.2. The molecule has 4 heterocycles. The zero-order chi connectivity index (χ0) is 21.3. The average molecular weight is 415 g/mol. The normalized spacial score (nSPS) is 19.3. The van der Waals surface area contributed by atoms with E-state index in [1.165, 1.54) is 0 Å². The number of hydrogen-bond donors (Lipinski definition) is 0. The minimum Gasteiger partial charge on any atom is -0.381 e. The molecule has 0 N–H and O–H groups in total. The van der Waals surface area contributed by atoms with E-state index in [2.05, 4.69) is 20.6 Å². The van der Waals surface area contributed by atoms with E-state index >= 15 is 0 Å². The molecule has 0 atom stereocenters. The van der Waals surface area contributed by atoms with Crippen LogP contribution in [-0.2, 0) is 10.2 Å². The summed E-state index contributed by atoms with van der Waals surface area (Å²) >= 11 is 0. The largest absolute Gasteiger partial charge is 0.381 e. The topological polar surface area (TPSA) is 84.0 Å². The molecule has 0 radical (unpaired) electrons. The SMILES string of the molecule is N#CC1(c2ccccc2)CCN(C(=O)c2cnc3c(c2)ncn3C2CCOCC2)CC1. The first-order valence-corrected chi connectivity index (χ1v) is 10.9. The predicted octanol–water partition coefficient (Wildman–Crippen LogP) is 3.48. The fourth-order valence-corrected chi connectivity index (χ4v) is 4.76. The second-order valence-corrected chi connectivity index (χ2v) is 8.41. The summed E-state index contributed by atoms with van der Waals surface area (Å²) in [7, 11) is 0. The number of ether oxygens (including phenoxy) is 1. The highest BCUT2D eigenvalue weighted by Gasteiger charge is 2.38. The molecule has 31 heavy (non-hydrogen) atoms. The van der Waals surface area contributed by atoms with Crippen molar-refractivity contribution in [3.05, 3.63) is 60.0 Å². The fraction of sp³-hybridized carbons (Fsp3) is 0.417. The maximum Gasteiger partial charge on any atom is 0.255 e. The lowest BCUT2D eigenvalue weighted by molar-refractivity contribution is 0.0691. The zero-order valence-electron chi connectivity index (χ0n) is 17.4. The van der Waals surface area contributed by atoms with Gasteiger partial charge >= 0.3 is 0 Å². The van der Waals surface area contributed by atoms with E-state index in [1.807, 2.05) is 47.6 Å². The summed E-state index contributed by atoms with van der Waals surface area (Å²) in [5.41, 5.74) is 2.61. The van der Waals surface area contributed by atoms with Gasteiger partial charge in [0.15, 0.2) is 5.65 Å². The monoisotopic (exact) mass is 415 g/mol. The van der Waals surface area contributed by atoms with Gasteiger partial charge in [-0.3, -0.25) is 4.79 Å². The Balaban J connectivity index is 1.32. The molecule has 2 saturated heterocycles. The number of rotatable bonds is 3. The lowest BCUT2D eigenvalue weighted by Crippen LogP contribution is -2.44. The van der Waals surface area contributed by atoms with E-state index in [0.29, 0.717) is 37.5 Å². The van der Waals surface area contributed by atoms with Crippen LogP contribution in [0.2, 0.25) is 0 Å². The Kier molecular flexibility index (Phi) is 5.16. The van der Waals surface area contributed by atoms with Crippen LogP contribution in [0.15, 0.2) is 48.9 Å². The molecule has 7 nitrogen and oxygen atoms in total. The van der Waals surface area contributed by atoms with Gasteiger partial charge in [-0.15, -0.1) is 0 Å². The minimum atomic E-state index is -0.525. The molecule has 2 aromatic heterocycles. The number of nitriles is 1. The van der Waals surface area contributed by atoms with Gasteiger partial charge in [-0.05, 0) is 37.3 Å². The van der Waals surface area contributed by atoms with Gasteiger partial charge in [0.2, 0.25) is 0 Å². The molecule has 5 rings (SSSR count). The zero-order valence-corrected chi connectivity index (χ0v) is 17.4. The number of aromatic nitrogens is 3. The molecule has 0 spiro atoms. The highest BCUT2D eigenvalue weighted by atomic mass is 16.5. The van der Waals surface area contributed by atoms with E-state index in [-0.39, 0.29) is 5.91 Å². The molecule has 1 aromatic carbocycles. The lowest BCUT2D eigenvalue weighted by atomic mass is 9.74. The number of carbonyl (C=O) groups excluding carboxylic acids is 1. The number of benzene rings is 1. The van der Waals surface area contributed by atoms with Gasteiger partial charge in [0.25, 0.3) is 5.91 Å². The number of likely N-dealkylation sites (tertiary alicyclic amines) is 1. The Morgan fingerprint density at radius 1 is 1.13 bits per heavy atom. The van der Waals surface area contributed by atoms with E-state index in [4.69, 9.17) is 4.74 Å². The smallest absolute Gasteiger partial charge is 0.255 e. The Bertz CT molecular complexity index is 1120. The molecule has 0 saturated carbocycles. The Labute approximate surface area is 181 Å². The summed E-state index contributed by atoms with van der Waals surface area (Å²) in [6, 6.07) is 14.6. The van der Waals surface area contributed by atoms with Crippen LogP contribution in [0.25, 0.3) is 11.2 Å². The van der Waals surface area contributed by atoms with Crippen LogP contribution in [0, 0.1) is 11.3 Å². The highest BCUT2D eigenvalue weighted by Crippen LogP contribution is 2.35. The van der Waals surface area contributed by atoms with Crippen molar-refractivity contribution in [3.8, 4) is 6.07 Å². The molecular formula is C24H25N5O2. The summed E-state index contributed by atoms with van der Waals surface area (Å²) in [6.45, 7) is 2.61. The molecule has 3 aromatic rings. The third kappa shape index (κ3) is 3.57. The highest BCUT2D eigenvalue weighted by molar-refractivity contribution is 5.96. The molecule has 0 aliphatic carbocycles. The van der Waals surface area contributed by atoms with Crippen molar-refractivity contribution >= 4 is 17.1 Å². The molecule has 2 aliphatic heterocycles. The quantitative estimate of drug-likeness (QED) is 0.654. The van der Waals surface area contributed by atoms with E-state index in [1.54, 1.807) is 6.20 Å². The van der Waals surface area contributed by atoms with Gasteiger partial charge in [0.1, 0.15) is 5.52 Å². The molecule has 0 bridgehead atoms. The van der Waals surface area contributed by atoms with Crippen molar-refractivity contribution in [1.82, 2.24) is 19.4 Å². The van der Waals surface area contributed by atoms with Crippen molar-refractivity contribution in [1.29, 1.82) is 5.26 Å². The van der Waals surface area contributed by atoms with Crippen molar-refractivity contribution in [2.75, 3.05) is 26.3 Å². The number of pyridine rings is 1. The first-order valence-electron chi connectivity index (χ1n) is 10.9. The Morgan fingerprint density at radius 3 is 2.58 bits per heavy atom. The van der Waals surface area contributed by atoms with Crippen molar-refractivity contribution in [2.24, 2.45) is 0 Å². The van der Waals surface area contributed by atoms with Gasteiger partial charge in [-0.25, -0.2) is 9.97 Å². The van der Waals surface area contributed by atoms with Crippen LogP contribution in [0.4, 0.5) is 0 Å². The fourth-order valence-electron chi connectivity index (χ4n) is 4.76. The third-order valence-electron chi connectivity index (χ3n) is 6.69. The molecule has 158 valence electrons. The maximum atomic E-state index is 13.1. The van der Waals surface area contributed by atoms with Gasteiger partial charge < -0.3 is 14.2 Å². The standard InChI is InChI=1S/C24H25N5O2/c25-16-24(19-4-2-1-3-5-19)8-10-28(11-9-24)23(30)18-14-21-22(26-15-18)29(17-27-21)20-6-12-31-13-7-20/h1-5,14-15,17,20H,6-13H2. The Morgan fingerprint density at radius 2 is 1.87 bits per heavy atom. The number of imidazole rings is 1. The van der Waals surface area contributed by atoms with E-state index in [0.717, 1.165) is 42.8 Å². The summed E-state index contributed by atoms with van der Waals surface area (Å²) in [5.74, 6) is -0.0467. The lowest BCUT2D eigenvalue weighted by Gasteiger charge is -2.37. The maximum absolute atomic E-state index is 13.1. The molecule has 7 heteroatoms. The molecule has 0 unspecified atom stereocenters. The van der Waals surface area contributed by atoms with Crippen LogP contribution >= 0.6 is 0 Å². The summed E-state index contributed by atoms with van der Waals surface area (Å²) in [4.78, 5) is 24.1. The van der Waals surface area contributed by atoms with Crippen LogP contribution in [0.3, 0.4) is 0 Å². The molecular weight excluding hydrogens is 390 g/mol. The minimum absolute atomic E-state index is 0.0467. The molecule has 2 aliphatic rings. The number of nitrogens with zero attached hydrogens (tertiary/aromatic N) is 5. The third-order valence-corrected chi connectivity index (χ3v) is 6.69. The van der Waals surface area contributed by atoms with Gasteiger partial charge in [-0.2, -0.15) is 5.26 Å². The number of hydrogen-bond acceptors (Lipinski definition) is 5. The van der Waals surface area contributed by atoms with Crippen LogP contribution < -0.4 is 0 Å². The van der Waals surface area contributed by atoms with Crippen LogP contribution in [-0.4, -0.2) is 51.6 Å². The van der Waals surface area contributed by atoms with Crippen molar-refractivity contribution in [3.63, 3.8) is 0 Å². The molecule has 2 fully saturated rings. The average Bonchev–Trinajstić information content (AvgIpc) is 3.28. The van der Waals surface area contributed by atoms with Crippen LogP contribution in [0.5, 0.6) is 0 Å². The molecule has 1 amide bonds. The van der Waals surface area contributed by atoms with Gasteiger partial charge in [0, 0.05) is 38.5 Å². The van der Waals surface area contributed by atoms with Crippen molar-refractivity contribution < 1.29 is 9.53 Å². The van der Waals surface area contributed by atoms with E-state index in [9.17, 15) is 10.1 Å². The first kappa shape index (κ1) is 19.7. The Hall–Kier alpha value is -3.24. The van der Waals surface area contributed by atoms with Crippen LogP contribution in [0.1, 0.15) is 47.6 Å². The summed E-state index contributed by atoms with van der Waals surface area (Å²) in [5, 5.41) is 9.88. The van der Waals surface area contributed by atoms with Gasteiger partial charge in [-0.1, -0.05) is 30.3 Å². The number of piperidine rings is 1.